The summed E-state index contributed by atoms with van der Waals surface area (Å²) in [4.78, 5) is 0. The third-order valence-electron chi connectivity index (χ3n) is 3.40. The van der Waals surface area contributed by atoms with E-state index in [2.05, 4.69) is 42.6 Å². The molecule has 0 heterocycles. The molecule has 1 saturated carbocycles. The molecular weight excluding hydrogens is 198 g/mol. The van der Waals surface area contributed by atoms with Gasteiger partial charge in [0.1, 0.15) is 0 Å². The van der Waals surface area contributed by atoms with Crippen LogP contribution in [0.2, 0.25) is 0 Å². The normalized spacial score (nSPS) is 25.4. The molecule has 16 heavy (non-hydrogen) atoms. The lowest BCUT2D eigenvalue weighted by molar-refractivity contribution is 0.165. The molecule has 1 aliphatic rings. The van der Waals surface area contributed by atoms with E-state index < -0.39 is 0 Å². The summed E-state index contributed by atoms with van der Waals surface area (Å²) >= 11 is 0. The van der Waals surface area contributed by atoms with Gasteiger partial charge in [-0.1, -0.05) is 43.7 Å². The highest BCUT2D eigenvalue weighted by Gasteiger charge is 2.36. The summed E-state index contributed by atoms with van der Waals surface area (Å²) in [6.07, 6.45) is 2.61. The highest BCUT2D eigenvalue weighted by atomic mass is 16.5. The fraction of sp³-hybridized carbons (Fsp3) is 0.571. The SMILES string of the molecule is CCC1CC1NC(COC)c1ccccc1. The molecule has 0 saturated heterocycles. The van der Waals surface area contributed by atoms with E-state index in [9.17, 15) is 0 Å². The Bertz CT molecular complexity index is 312. The number of ether oxygens (including phenoxy) is 1. The summed E-state index contributed by atoms with van der Waals surface area (Å²) in [6.45, 7) is 3.01. The molecule has 0 bridgehead atoms. The van der Waals surface area contributed by atoms with Crippen molar-refractivity contribution < 1.29 is 4.74 Å². The largest absolute Gasteiger partial charge is 0.383 e. The lowest BCUT2D eigenvalue weighted by Crippen LogP contribution is -2.28. The second-order valence-electron chi connectivity index (χ2n) is 4.60. The van der Waals surface area contributed by atoms with Crippen LogP contribution in [0.15, 0.2) is 30.3 Å². The predicted octanol–water partition coefficient (Wildman–Crippen LogP) is 2.76. The number of hydrogen-bond acceptors (Lipinski definition) is 2. The van der Waals surface area contributed by atoms with Gasteiger partial charge in [0.25, 0.3) is 0 Å². The molecule has 0 aliphatic heterocycles. The maximum Gasteiger partial charge on any atom is 0.0657 e. The number of rotatable bonds is 6. The standard InChI is InChI=1S/C14H21NO/c1-3-11-9-13(11)15-14(10-16-2)12-7-5-4-6-8-12/h4-8,11,13-15H,3,9-10H2,1-2H3. The lowest BCUT2D eigenvalue weighted by Gasteiger charge is -2.18. The molecular formula is C14H21NO. The predicted molar refractivity (Wildman–Crippen MR) is 66.4 cm³/mol. The number of benzene rings is 1. The van der Waals surface area contributed by atoms with Crippen LogP contribution in [0.5, 0.6) is 0 Å². The first-order chi connectivity index (χ1) is 7.85. The Morgan fingerprint density at radius 3 is 2.69 bits per heavy atom. The number of methoxy groups -OCH3 is 1. The summed E-state index contributed by atoms with van der Waals surface area (Å²) in [5.74, 6) is 0.878. The van der Waals surface area contributed by atoms with Gasteiger partial charge in [0.05, 0.1) is 12.6 Å². The first kappa shape index (κ1) is 11.6. The Kier molecular flexibility index (Phi) is 3.97. The van der Waals surface area contributed by atoms with Gasteiger partial charge < -0.3 is 10.1 Å². The van der Waals surface area contributed by atoms with Gasteiger partial charge in [-0.2, -0.15) is 0 Å². The van der Waals surface area contributed by atoms with Crippen LogP contribution >= 0.6 is 0 Å². The molecule has 0 spiro atoms. The van der Waals surface area contributed by atoms with Gasteiger partial charge in [-0.15, -0.1) is 0 Å². The Balaban J connectivity index is 1.95. The van der Waals surface area contributed by atoms with Crippen molar-refractivity contribution in [1.82, 2.24) is 5.32 Å². The fourth-order valence-electron chi connectivity index (χ4n) is 2.25. The van der Waals surface area contributed by atoms with E-state index >= 15 is 0 Å². The highest BCUT2D eigenvalue weighted by molar-refractivity contribution is 5.19. The Morgan fingerprint density at radius 2 is 2.12 bits per heavy atom. The van der Waals surface area contributed by atoms with Gasteiger partial charge in [-0.05, 0) is 17.9 Å². The van der Waals surface area contributed by atoms with Gasteiger partial charge in [0.15, 0.2) is 0 Å². The van der Waals surface area contributed by atoms with Gasteiger partial charge in [0, 0.05) is 13.2 Å². The molecule has 1 N–H and O–H groups in total. The Labute approximate surface area is 98.0 Å². The maximum atomic E-state index is 5.29. The van der Waals surface area contributed by atoms with Gasteiger partial charge in [-0.3, -0.25) is 0 Å². The first-order valence-electron chi connectivity index (χ1n) is 6.15. The summed E-state index contributed by atoms with van der Waals surface area (Å²) in [5, 5.41) is 3.68. The van der Waals surface area contributed by atoms with Crippen molar-refractivity contribution in [2.75, 3.05) is 13.7 Å². The maximum absolute atomic E-state index is 5.29. The van der Waals surface area contributed by atoms with E-state index in [1.165, 1.54) is 18.4 Å². The van der Waals surface area contributed by atoms with Crippen molar-refractivity contribution >= 4 is 0 Å². The van der Waals surface area contributed by atoms with E-state index in [0.717, 1.165) is 12.5 Å². The average molecular weight is 219 g/mol. The Morgan fingerprint density at radius 1 is 1.38 bits per heavy atom. The lowest BCUT2D eigenvalue weighted by atomic mass is 10.1. The molecule has 1 aromatic carbocycles. The molecule has 3 unspecified atom stereocenters. The van der Waals surface area contributed by atoms with E-state index in [1.54, 1.807) is 7.11 Å². The minimum atomic E-state index is 0.341. The summed E-state index contributed by atoms with van der Waals surface area (Å²) in [6, 6.07) is 11.6. The second kappa shape index (κ2) is 5.46. The zero-order valence-electron chi connectivity index (χ0n) is 10.1. The minimum Gasteiger partial charge on any atom is -0.383 e. The topological polar surface area (TPSA) is 21.3 Å². The van der Waals surface area contributed by atoms with Crippen LogP contribution in [0, 0.1) is 5.92 Å². The number of hydrogen-bond donors (Lipinski definition) is 1. The molecule has 2 nitrogen and oxygen atoms in total. The van der Waals surface area contributed by atoms with E-state index in [0.29, 0.717) is 12.1 Å². The van der Waals surface area contributed by atoms with Crippen LogP contribution in [0.1, 0.15) is 31.4 Å². The molecule has 0 radical (unpaired) electrons. The zero-order valence-corrected chi connectivity index (χ0v) is 10.1. The minimum absolute atomic E-state index is 0.341. The van der Waals surface area contributed by atoms with Crippen molar-refractivity contribution in [3.63, 3.8) is 0 Å². The van der Waals surface area contributed by atoms with E-state index in [1.807, 2.05) is 0 Å². The van der Waals surface area contributed by atoms with Crippen LogP contribution in [0.3, 0.4) is 0 Å². The molecule has 2 heteroatoms. The van der Waals surface area contributed by atoms with Crippen molar-refractivity contribution in [2.24, 2.45) is 5.92 Å². The van der Waals surface area contributed by atoms with E-state index in [-0.39, 0.29) is 0 Å². The molecule has 1 aliphatic carbocycles. The molecule has 3 atom stereocenters. The summed E-state index contributed by atoms with van der Waals surface area (Å²) < 4.78 is 5.29. The molecule has 88 valence electrons. The average Bonchev–Trinajstić information content (AvgIpc) is 3.08. The van der Waals surface area contributed by atoms with Crippen molar-refractivity contribution in [1.29, 1.82) is 0 Å². The van der Waals surface area contributed by atoms with Gasteiger partial charge in [0.2, 0.25) is 0 Å². The monoisotopic (exact) mass is 219 g/mol. The fourth-order valence-corrected chi connectivity index (χ4v) is 2.25. The van der Waals surface area contributed by atoms with Crippen LogP contribution < -0.4 is 5.32 Å². The van der Waals surface area contributed by atoms with Crippen molar-refractivity contribution in [3.05, 3.63) is 35.9 Å². The first-order valence-corrected chi connectivity index (χ1v) is 6.15. The molecule has 2 rings (SSSR count). The van der Waals surface area contributed by atoms with Gasteiger partial charge in [-0.25, -0.2) is 0 Å². The van der Waals surface area contributed by atoms with Crippen LogP contribution in [-0.4, -0.2) is 19.8 Å². The molecule has 1 fully saturated rings. The summed E-state index contributed by atoms with van der Waals surface area (Å²) in [7, 11) is 1.77. The van der Waals surface area contributed by atoms with Crippen LogP contribution in [0.4, 0.5) is 0 Å². The third-order valence-corrected chi connectivity index (χ3v) is 3.40. The van der Waals surface area contributed by atoms with E-state index in [4.69, 9.17) is 4.74 Å². The quantitative estimate of drug-likeness (QED) is 0.794. The van der Waals surface area contributed by atoms with Crippen molar-refractivity contribution in [3.8, 4) is 0 Å². The van der Waals surface area contributed by atoms with Gasteiger partial charge >= 0.3 is 0 Å². The molecule has 1 aromatic rings. The van der Waals surface area contributed by atoms with Crippen LogP contribution in [-0.2, 0) is 4.74 Å². The van der Waals surface area contributed by atoms with Crippen LogP contribution in [0.25, 0.3) is 0 Å². The second-order valence-corrected chi connectivity index (χ2v) is 4.60. The Hall–Kier alpha value is -0.860. The van der Waals surface area contributed by atoms with Crippen molar-refractivity contribution in [2.45, 2.75) is 31.8 Å². The highest BCUT2D eigenvalue weighted by Crippen LogP contribution is 2.35. The molecule has 0 aromatic heterocycles. The molecule has 0 amide bonds. The smallest absolute Gasteiger partial charge is 0.0657 e. The number of nitrogens with one attached hydrogen (secondary N) is 1. The summed E-state index contributed by atoms with van der Waals surface area (Å²) in [5.41, 5.74) is 1.33. The third kappa shape index (κ3) is 2.83. The zero-order chi connectivity index (χ0) is 11.4.